The summed E-state index contributed by atoms with van der Waals surface area (Å²) in [5, 5.41) is 7.56. The van der Waals surface area contributed by atoms with Crippen molar-refractivity contribution >= 4 is 28.9 Å². The normalized spacial score (nSPS) is 12.2. The topological polar surface area (TPSA) is 88.8 Å². The fraction of sp³-hybridized carbons (Fsp3) is 0.462. The largest absolute Gasteiger partial charge is 0.370 e. The monoisotopic (exact) mass is 292 g/mol. The van der Waals surface area contributed by atoms with Crippen molar-refractivity contribution in [3.05, 3.63) is 21.6 Å². The van der Waals surface area contributed by atoms with Crippen LogP contribution >= 0.6 is 11.3 Å². The highest BCUT2D eigenvalue weighted by Gasteiger charge is 2.14. The van der Waals surface area contributed by atoms with Gasteiger partial charge >= 0.3 is 0 Å². The number of rotatable bonds is 5. The molecule has 0 fully saturated rings. The molecule has 0 aliphatic carbocycles. The Balaban J connectivity index is 2.18. The minimum Gasteiger partial charge on any atom is -0.370 e. The van der Waals surface area contributed by atoms with Crippen LogP contribution in [0.3, 0.4) is 0 Å². The Bertz CT molecular complexity index is 595. The zero-order chi connectivity index (χ0) is 14.7. The van der Waals surface area contributed by atoms with Crippen molar-refractivity contribution in [3.8, 4) is 0 Å². The molecule has 0 amide bonds. The Labute approximate surface area is 122 Å². The van der Waals surface area contributed by atoms with Gasteiger partial charge in [-0.25, -0.2) is 4.98 Å². The number of nitrogens with one attached hydrogen (secondary N) is 2. The Morgan fingerprint density at radius 3 is 2.55 bits per heavy atom. The minimum atomic E-state index is 0.130. The molecule has 1 unspecified atom stereocenters. The maximum absolute atomic E-state index is 5.73. The van der Waals surface area contributed by atoms with Crippen LogP contribution in [0.1, 0.15) is 35.5 Å². The molecule has 0 spiro atoms. The Morgan fingerprint density at radius 1 is 1.25 bits per heavy atom. The number of nitrogens with zero attached hydrogens (tertiary/aromatic N) is 3. The highest BCUT2D eigenvalue weighted by Crippen LogP contribution is 2.27. The van der Waals surface area contributed by atoms with Crippen LogP contribution in [-0.2, 0) is 0 Å². The second-order valence-corrected chi connectivity index (χ2v) is 5.81. The third-order valence-electron chi connectivity index (χ3n) is 2.80. The number of hydrogen-bond donors (Lipinski definition) is 3. The van der Waals surface area contributed by atoms with Crippen LogP contribution in [0.2, 0.25) is 0 Å². The number of aryl methyl sites for hydroxylation is 2. The van der Waals surface area contributed by atoms with E-state index < -0.39 is 0 Å². The van der Waals surface area contributed by atoms with Gasteiger partial charge in [0.15, 0.2) is 0 Å². The van der Waals surface area contributed by atoms with Gasteiger partial charge in [0.25, 0.3) is 0 Å². The average Bonchev–Trinajstić information content (AvgIpc) is 2.68. The molecule has 0 aliphatic heterocycles. The average molecular weight is 292 g/mol. The van der Waals surface area contributed by atoms with Gasteiger partial charge in [-0.3, -0.25) is 0 Å². The summed E-state index contributed by atoms with van der Waals surface area (Å²) >= 11 is 1.70. The lowest BCUT2D eigenvalue weighted by Crippen LogP contribution is -2.11. The lowest BCUT2D eigenvalue weighted by Gasteiger charge is -2.14. The van der Waals surface area contributed by atoms with Crippen LogP contribution in [0.15, 0.2) is 6.07 Å². The number of thiazole rings is 1. The van der Waals surface area contributed by atoms with Crippen molar-refractivity contribution in [2.24, 2.45) is 0 Å². The molecule has 108 valence electrons. The first-order valence-corrected chi connectivity index (χ1v) is 7.40. The van der Waals surface area contributed by atoms with Crippen LogP contribution in [-0.4, -0.2) is 21.5 Å². The van der Waals surface area contributed by atoms with Crippen LogP contribution < -0.4 is 16.4 Å². The first-order chi connectivity index (χ1) is 9.49. The summed E-state index contributed by atoms with van der Waals surface area (Å²) in [6.45, 7) is 8.93. The van der Waals surface area contributed by atoms with E-state index in [0.717, 1.165) is 23.1 Å². The molecule has 2 aromatic heterocycles. The summed E-state index contributed by atoms with van der Waals surface area (Å²) in [7, 11) is 0. The van der Waals surface area contributed by atoms with Crippen molar-refractivity contribution in [3.63, 3.8) is 0 Å². The zero-order valence-electron chi connectivity index (χ0n) is 12.2. The summed E-state index contributed by atoms with van der Waals surface area (Å²) in [6, 6.07) is 1.99. The molecule has 0 bridgehead atoms. The van der Waals surface area contributed by atoms with E-state index in [9.17, 15) is 0 Å². The van der Waals surface area contributed by atoms with Crippen LogP contribution in [0.25, 0.3) is 0 Å². The number of anilines is 3. The third kappa shape index (κ3) is 3.36. The highest BCUT2D eigenvalue weighted by atomic mass is 32.1. The maximum Gasteiger partial charge on any atom is 0.223 e. The predicted octanol–water partition coefficient (Wildman–Crippen LogP) is 2.74. The zero-order valence-corrected chi connectivity index (χ0v) is 13.0. The smallest absolute Gasteiger partial charge is 0.223 e. The van der Waals surface area contributed by atoms with E-state index in [1.54, 1.807) is 11.3 Å². The summed E-state index contributed by atoms with van der Waals surface area (Å²) in [4.78, 5) is 14.0. The number of hydrogen-bond acceptors (Lipinski definition) is 7. The van der Waals surface area contributed by atoms with Crippen LogP contribution in [0.4, 0.5) is 17.6 Å². The summed E-state index contributed by atoms with van der Waals surface area (Å²) < 4.78 is 0. The van der Waals surface area contributed by atoms with E-state index in [2.05, 4.69) is 32.5 Å². The van der Waals surface area contributed by atoms with E-state index in [1.165, 1.54) is 4.88 Å². The molecule has 2 aromatic rings. The molecule has 0 aliphatic rings. The summed E-state index contributed by atoms with van der Waals surface area (Å²) in [6.07, 6.45) is 0. The molecule has 0 radical (unpaired) electrons. The van der Waals surface area contributed by atoms with Gasteiger partial charge in [-0.1, -0.05) is 0 Å². The van der Waals surface area contributed by atoms with Gasteiger partial charge in [-0.2, -0.15) is 9.97 Å². The molecule has 0 aromatic carbocycles. The second kappa shape index (κ2) is 6.04. The van der Waals surface area contributed by atoms with Crippen molar-refractivity contribution in [2.45, 2.75) is 33.7 Å². The molecule has 6 nitrogen and oxygen atoms in total. The Hall–Kier alpha value is -1.89. The first kappa shape index (κ1) is 14.5. The molecule has 2 heterocycles. The third-order valence-corrected chi connectivity index (χ3v) is 4.05. The lowest BCUT2D eigenvalue weighted by atomic mass is 10.2. The van der Waals surface area contributed by atoms with Crippen molar-refractivity contribution in [2.75, 3.05) is 22.9 Å². The van der Waals surface area contributed by atoms with Gasteiger partial charge < -0.3 is 16.4 Å². The highest BCUT2D eigenvalue weighted by molar-refractivity contribution is 7.11. The fourth-order valence-corrected chi connectivity index (χ4v) is 2.98. The molecule has 20 heavy (non-hydrogen) atoms. The summed E-state index contributed by atoms with van der Waals surface area (Å²) in [5.74, 6) is 1.70. The molecule has 0 saturated carbocycles. The molecule has 1 atom stereocenters. The molecule has 2 rings (SSSR count). The predicted molar refractivity (Wildman–Crippen MR) is 84.2 cm³/mol. The van der Waals surface area contributed by atoms with E-state index >= 15 is 0 Å². The second-order valence-electron chi connectivity index (χ2n) is 4.58. The van der Waals surface area contributed by atoms with Gasteiger partial charge in [0.2, 0.25) is 5.95 Å². The fourth-order valence-electron chi connectivity index (χ4n) is 2.05. The van der Waals surface area contributed by atoms with Gasteiger partial charge in [0, 0.05) is 17.5 Å². The number of nitrogen functional groups attached to an aromatic ring is 1. The Morgan fingerprint density at radius 2 is 1.95 bits per heavy atom. The number of nitrogens with two attached hydrogens (primary N) is 1. The van der Waals surface area contributed by atoms with Crippen LogP contribution in [0.5, 0.6) is 0 Å². The van der Waals surface area contributed by atoms with Gasteiger partial charge in [0.05, 0.1) is 16.7 Å². The van der Waals surface area contributed by atoms with E-state index in [0.29, 0.717) is 5.82 Å². The molecule has 0 saturated heterocycles. The summed E-state index contributed by atoms with van der Waals surface area (Å²) in [5.41, 5.74) is 6.78. The SMILES string of the molecule is CCNc1cc(NC(C)c2sc(C)nc2C)nc(N)n1. The minimum absolute atomic E-state index is 0.130. The van der Waals surface area contributed by atoms with Crippen molar-refractivity contribution < 1.29 is 0 Å². The standard InChI is InChI=1S/C13H20N6S/c1-5-15-10-6-11(19-13(14)18-10)17-8(3)12-7(2)16-9(4)20-12/h6,8H,5H2,1-4H3,(H4,14,15,17,18,19). The Kier molecular flexibility index (Phi) is 4.39. The molecular weight excluding hydrogens is 272 g/mol. The van der Waals surface area contributed by atoms with E-state index in [1.807, 2.05) is 26.8 Å². The van der Waals surface area contributed by atoms with Gasteiger partial charge in [0.1, 0.15) is 11.6 Å². The molecule has 4 N–H and O–H groups in total. The molecular formula is C13H20N6S. The maximum atomic E-state index is 5.73. The number of aromatic nitrogens is 3. The quantitative estimate of drug-likeness (QED) is 0.785. The van der Waals surface area contributed by atoms with Crippen molar-refractivity contribution in [1.29, 1.82) is 0 Å². The molecule has 7 heteroatoms. The van der Waals surface area contributed by atoms with E-state index in [4.69, 9.17) is 5.73 Å². The first-order valence-electron chi connectivity index (χ1n) is 6.58. The van der Waals surface area contributed by atoms with Crippen LogP contribution in [0, 0.1) is 13.8 Å². The lowest BCUT2D eigenvalue weighted by molar-refractivity contribution is 0.878. The van der Waals surface area contributed by atoms with E-state index in [-0.39, 0.29) is 12.0 Å². The van der Waals surface area contributed by atoms with Gasteiger partial charge in [-0.05, 0) is 27.7 Å². The van der Waals surface area contributed by atoms with Gasteiger partial charge in [-0.15, -0.1) is 11.3 Å². The van der Waals surface area contributed by atoms with Crippen molar-refractivity contribution in [1.82, 2.24) is 15.0 Å².